The summed E-state index contributed by atoms with van der Waals surface area (Å²) in [5.74, 6) is -0.554. The molecule has 0 aromatic heterocycles. The summed E-state index contributed by atoms with van der Waals surface area (Å²) in [4.78, 5) is 11.1. The van der Waals surface area contributed by atoms with E-state index in [2.05, 4.69) is 19.1 Å². The Bertz CT molecular complexity index is 669. The third kappa shape index (κ3) is 3.34. The van der Waals surface area contributed by atoms with Gasteiger partial charge >= 0.3 is 5.97 Å². The molecular formula is C17H19NO3. The number of benzene rings is 2. The molecule has 2 rings (SSSR count). The highest BCUT2D eigenvalue weighted by atomic mass is 16.5. The summed E-state index contributed by atoms with van der Waals surface area (Å²) in [7, 11) is 0. The first-order valence-corrected chi connectivity index (χ1v) is 6.71. The molecule has 0 saturated carbocycles. The monoisotopic (exact) mass is 285 g/mol. The predicted octanol–water partition coefficient (Wildman–Crippen LogP) is 3.47. The van der Waals surface area contributed by atoms with E-state index in [4.69, 9.17) is 15.6 Å². The molecular weight excluding hydrogens is 266 g/mol. The Hall–Kier alpha value is -2.49. The number of hydrogen-bond donors (Lipinski definition) is 2. The van der Waals surface area contributed by atoms with Crippen molar-refractivity contribution in [2.24, 2.45) is 0 Å². The molecule has 0 atom stereocenters. The summed E-state index contributed by atoms with van der Waals surface area (Å²) in [5, 5.41) is 9.06. The Kier molecular flexibility index (Phi) is 4.17. The maximum Gasteiger partial charge on any atom is 0.337 e. The van der Waals surface area contributed by atoms with E-state index < -0.39 is 5.97 Å². The standard InChI is InChI=1S/C17H19NO3/c1-10-6-11(2)15(12(3)7-10)9-21-13-4-5-16(18)14(8-13)17(19)20/h4-8H,9,18H2,1-3H3,(H,19,20). The van der Waals surface area contributed by atoms with Gasteiger partial charge in [0.1, 0.15) is 12.4 Å². The Balaban J connectivity index is 2.21. The molecule has 3 N–H and O–H groups in total. The fourth-order valence-corrected chi connectivity index (χ4v) is 2.40. The molecule has 21 heavy (non-hydrogen) atoms. The smallest absolute Gasteiger partial charge is 0.337 e. The van der Waals surface area contributed by atoms with E-state index in [9.17, 15) is 4.79 Å². The van der Waals surface area contributed by atoms with Gasteiger partial charge in [-0.05, 0) is 55.7 Å². The molecule has 0 aliphatic carbocycles. The molecule has 0 aliphatic rings. The van der Waals surface area contributed by atoms with Crippen molar-refractivity contribution in [3.8, 4) is 5.75 Å². The minimum atomic E-state index is -1.05. The number of rotatable bonds is 4. The zero-order chi connectivity index (χ0) is 15.6. The first-order chi connectivity index (χ1) is 9.88. The second-order valence-corrected chi connectivity index (χ2v) is 5.22. The SMILES string of the molecule is Cc1cc(C)c(COc2ccc(N)c(C(=O)O)c2)c(C)c1. The molecule has 2 aromatic rings. The van der Waals surface area contributed by atoms with Crippen LogP contribution in [0.3, 0.4) is 0 Å². The van der Waals surface area contributed by atoms with E-state index in [-0.39, 0.29) is 11.3 Å². The van der Waals surface area contributed by atoms with Crippen LogP contribution in [0.25, 0.3) is 0 Å². The number of aromatic carboxylic acids is 1. The fraction of sp³-hybridized carbons (Fsp3) is 0.235. The minimum Gasteiger partial charge on any atom is -0.489 e. The second-order valence-electron chi connectivity index (χ2n) is 5.22. The normalized spacial score (nSPS) is 10.4. The first-order valence-electron chi connectivity index (χ1n) is 6.71. The van der Waals surface area contributed by atoms with Gasteiger partial charge in [-0.1, -0.05) is 17.7 Å². The predicted molar refractivity (Wildman–Crippen MR) is 82.8 cm³/mol. The minimum absolute atomic E-state index is 0.0600. The molecule has 4 nitrogen and oxygen atoms in total. The van der Waals surface area contributed by atoms with E-state index >= 15 is 0 Å². The highest BCUT2D eigenvalue weighted by molar-refractivity contribution is 5.94. The van der Waals surface area contributed by atoms with Crippen molar-refractivity contribution in [2.75, 3.05) is 5.73 Å². The highest BCUT2D eigenvalue weighted by Crippen LogP contribution is 2.23. The molecule has 0 unspecified atom stereocenters. The third-order valence-corrected chi connectivity index (χ3v) is 3.48. The number of aryl methyl sites for hydroxylation is 3. The van der Waals surface area contributed by atoms with Crippen LogP contribution in [0.2, 0.25) is 0 Å². The van der Waals surface area contributed by atoms with Crippen molar-refractivity contribution in [3.05, 3.63) is 58.1 Å². The van der Waals surface area contributed by atoms with E-state index in [0.29, 0.717) is 12.4 Å². The molecule has 110 valence electrons. The molecule has 0 aliphatic heterocycles. The largest absolute Gasteiger partial charge is 0.489 e. The van der Waals surface area contributed by atoms with Gasteiger partial charge in [-0.3, -0.25) is 0 Å². The van der Waals surface area contributed by atoms with Gasteiger partial charge in [0.2, 0.25) is 0 Å². The lowest BCUT2D eigenvalue weighted by Crippen LogP contribution is -2.05. The van der Waals surface area contributed by atoms with Crippen LogP contribution in [-0.4, -0.2) is 11.1 Å². The van der Waals surface area contributed by atoms with Gasteiger partial charge in [0.05, 0.1) is 5.56 Å². The number of ether oxygens (including phenoxy) is 1. The Morgan fingerprint density at radius 3 is 2.33 bits per heavy atom. The molecule has 0 radical (unpaired) electrons. The average Bonchev–Trinajstić information content (AvgIpc) is 2.38. The molecule has 4 heteroatoms. The Labute approximate surface area is 124 Å². The van der Waals surface area contributed by atoms with E-state index in [1.54, 1.807) is 12.1 Å². The van der Waals surface area contributed by atoms with Crippen molar-refractivity contribution in [1.82, 2.24) is 0 Å². The van der Waals surface area contributed by atoms with Gasteiger partial charge in [-0.25, -0.2) is 4.79 Å². The number of nitrogen functional groups attached to an aromatic ring is 1. The van der Waals surface area contributed by atoms with Gasteiger partial charge in [-0.2, -0.15) is 0 Å². The molecule has 0 saturated heterocycles. The zero-order valence-electron chi connectivity index (χ0n) is 12.4. The summed E-state index contributed by atoms with van der Waals surface area (Å²) >= 11 is 0. The summed E-state index contributed by atoms with van der Waals surface area (Å²) in [6.07, 6.45) is 0. The highest BCUT2D eigenvalue weighted by Gasteiger charge is 2.10. The summed E-state index contributed by atoms with van der Waals surface area (Å²) in [6, 6.07) is 8.90. The number of anilines is 1. The Morgan fingerprint density at radius 2 is 1.76 bits per heavy atom. The fourth-order valence-electron chi connectivity index (χ4n) is 2.40. The van der Waals surface area contributed by atoms with Gasteiger partial charge < -0.3 is 15.6 Å². The van der Waals surface area contributed by atoms with E-state index in [1.807, 2.05) is 13.8 Å². The van der Waals surface area contributed by atoms with Crippen LogP contribution in [0.5, 0.6) is 5.75 Å². The number of carboxylic acids is 1. The second kappa shape index (κ2) is 5.87. The summed E-state index contributed by atoms with van der Waals surface area (Å²) in [6.45, 7) is 6.55. The number of carbonyl (C=O) groups is 1. The third-order valence-electron chi connectivity index (χ3n) is 3.48. The van der Waals surface area contributed by atoms with Crippen LogP contribution in [0.15, 0.2) is 30.3 Å². The first kappa shape index (κ1) is 14.9. The Morgan fingerprint density at radius 1 is 1.14 bits per heavy atom. The lowest BCUT2D eigenvalue weighted by Gasteiger charge is -2.13. The van der Waals surface area contributed by atoms with E-state index in [0.717, 1.165) is 5.56 Å². The number of nitrogens with two attached hydrogens (primary N) is 1. The zero-order valence-corrected chi connectivity index (χ0v) is 12.4. The van der Waals surface area contributed by atoms with Crippen LogP contribution in [0.4, 0.5) is 5.69 Å². The maximum absolute atomic E-state index is 11.1. The van der Waals surface area contributed by atoms with Crippen LogP contribution >= 0.6 is 0 Å². The van der Waals surface area contributed by atoms with Gasteiger partial charge in [-0.15, -0.1) is 0 Å². The van der Waals surface area contributed by atoms with Gasteiger partial charge in [0.25, 0.3) is 0 Å². The molecule has 0 spiro atoms. The quantitative estimate of drug-likeness (QED) is 0.844. The lowest BCUT2D eigenvalue weighted by molar-refractivity contribution is 0.0697. The van der Waals surface area contributed by atoms with Crippen LogP contribution in [0, 0.1) is 20.8 Å². The van der Waals surface area contributed by atoms with Gasteiger partial charge in [0, 0.05) is 5.69 Å². The molecule has 0 amide bonds. The van der Waals surface area contributed by atoms with Crippen molar-refractivity contribution in [2.45, 2.75) is 27.4 Å². The molecule has 0 fully saturated rings. The topological polar surface area (TPSA) is 72.5 Å². The van der Waals surface area contributed by atoms with Crippen molar-refractivity contribution in [3.63, 3.8) is 0 Å². The number of hydrogen-bond acceptors (Lipinski definition) is 3. The molecule has 0 heterocycles. The van der Waals surface area contributed by atoms with Crippen molar-refractivity contribution < 1.29 is 14.6 Å². The number of carboxylic acid groups (broad SMARTS) is 1. The van der Waals surface area contributed by atoms with Crippen LogP contribution in [0.1, 0.15) is 32.6 Å². The van der Waals surface area contributed by atoms with E-state index in [1.165, 1.54) is 22.8 Å². The van der Waals surface area contributed by atoms with Gasteiger partial charge in [0.15, 0.2) is 0 Å². The van der Waals surface area contributed by atoms with Crippen molar-refractivity contribution >= 4 is 11.7 Å². The molecule has 0 bridgehead atoms. The maximum atomic E-state index is 11.1. The van der Waals surface area contributed by atoms with Crippen LogP contribution < -0.4 is 10.5 Å². The van der Waals surface area contributed by atoms with Crippen molar-refractivity contribution in [1.29, 1.82) is 0 Å². The summed E-state index contributed by atoms with van der Waals surface area (Å²) < 4.78 is 5.72. The van der Waals surface area contributed by atoms with Crippen LogP contribution in [-0.2, 0) is 6.61 Å². The molecule has 2 aromatic carbocycles. The lowest BCUT2D eigenvalue weighted by atomic mass is 10.0. The average molecular weight is 285 g/mol. The summed E-state index contributed by atoms with van der Waals surface area (Å²) in [5.41, 5.74) is 10.6.